The molecule has 1 aliphatic rings. The molecule has 2 amide bonds. The van der Waals surface area contributed by atoms with Crippen molar-refractivity contribution in [2.75, 3.05) is 19.9 Å². The smallest absolute Gasteiger partial charge is 0.257 e. The monoisotopic (exact) mass is 447 g/mol. The van der Waals surface area contributed by atoms with Crippen LogP contribution in [0.5, 0.6) is 5.75 Å². The van der Waals surface area contributed by atoms with Gasteiger partial charge in [-0.3, -0.25) is 9.59 Å². The third-order valence-corrected chi connectivity index (χ3v) is 6.10. The fraction of sp³-hybridized carbons (Fsp3) is 0.320. The van der Waals surface area contributed by atoms with Gasteiger partial charge in [0.1, 0.15) is 22.8 Å². The number of nitrogens with two attached hydrogens (primary N) is 1. The first kappa shape index (κ1) is 22.4. The SMILES string of the molecule is CNC(=O)c1c(-c2ccc(CNC(=O)c3ccccc3OC)cc2)nn(C2CCCC2)c1N. The van der Waals surface area contributed by atoms with E-state index >= 15 is 0 Å². The van der Waals surface area contributed by atoms with Crippen molar-refractivity contribution < 1.29 is 14.3 Å². The molecule has 0 spiro atoms. The molecule has 0 radical (unpaired) electrons. The zero-order chi connectivity index (χ0) is 23.4. The highest BCUT2D eigenvalue weighted by Gasteiger charge is 2.27. The van der Waals surface area contributed by atoms with E-state index in [4.69, 9.17) is 15.6 Å². The Hall–Kier alpha value is -3.81. The van der Waals surface area contributed by atoms with Crippen molar-refractivity contribution in [2.45, 2.75) is 38.3 Å². The van der Waals surface area contributed by atoms with Crippen LogP contribution in [-0.4, -0.2) is 35.8 Å². The molecule has 3 aromatic rings. The maximum Gasteiger partial charge on any atom is 0.257 e. The van der Waals surface area contributed by atoms with Gasteiger partial charge in [0, 0.05) is 19.2 Å². The third-order valence-electron chi connectivity index (χ3n) is 6.10. The van der Waals surface area contributed by atoms with Crippen LogP contribution >= 0.6 is 0 Å². The van der Waals surface area contributed by atoms with E-state index in [0.717, 1.165) is 36.8 Å². The van der Waals surface area contributed by atoms with E-state index in [2.05, 4.69) is 10.6 Å². The molecule has 0 bridgehead atoms. The summed E-state index contributed by atoms with van der Waals surface area (Å²) in [6.45, 7) is 0.359. The van der Waals surface area contributed by atoms with E-state index in [-0.39, 0.29) is 17.9 Å². The number of ether oxygens (including phenoxy) is 1. The van der Waals surface area contributed by atoms with Crippen LogP contribution in [-0.2, 0) is 6.54 Å². The molecular weight excluding hydrogens is 418 g/mol. The first-order valence-electron chi connectivity index (χ1n) is 11.1. The van der Waals surface area contributed by atoms with Gasteiger partial charge in [-0.1, -0.05) is 49.2 Å². The van der Waals surface area contributed by atoms with Crippen molar-refractivity contribution in [3.8, 4) is 17.0 Å². The number of nitrogens with one attached hydrogen (secondary N) is 2. The fourth-order valence-corrected chi connectivity index (χ4v) is 4.32. The van der Waals surface area contributed by atoms with Crippen LogP contribution in [0, 0.1) is 0 Å². The highest BCUT2D eigenvalue weighted by atomic mass is 16.5. The first-order valence-corrected chi connectivity index (χ1v) is 11.1. The summed E-state index contributed by atoms with van der Waals surface area (Å²) < 4.78 is 7.07. The molecule has 0 unspecified atom stereocenters. The summed E-state index contributed by atoms with van der Waals surface area (Å²) in [4.78, 5) is 25.1. The zero-order valence-corrected chi connectivity index (χ0v) is 18.9. The lowest BCUT2D eigenvalue weighted by molar-refractivity contribution is 0.0944. The quantitative estimate of drug-likeness (QED) is 0.513. The first-order chi connectivity index (χ1) is 16.0. The van der Waals surface area contributed by atoms with E-state index in [1.54, 1.807) is 32.4 Å². The average molecular weight is 448 g/mol. The molecule has 1 aromatic heterocycles. The number of carbonyl (C=O) groups excluding carboxylic acids is 2. The van der Waals surface area contributed by atoms with E-state index in [1.165, 1.54) is 0 Å². The van der Waals surface area contributed by atoms with Gasteiger partial charge in [-0.2, -0.15) is 5.10 Å². The second-order valence-electron chi connectivity index (χ2n) is 8.15. The Kier molecular flexibility index (Phi) is 6.63. The second kappa shape index (κ2) is 9.77. The van der Waals surface area contributed by atoms with Crippen molar-refractivity contribution >= 4 is 17.6 Å². The Bertz CT molecular complexity index is 1150. The lowest BCUT2D eigenvalue weighted by Crippen LogP contribution is -2.23. The minimum absolute atomic E-state index is 0.207. The Morgan fingerprint density at radius 2 is 1.79 bits per heavy atom. The van der Waals surface area contributed by atoms with Gasteiger partial charge in [0.25, 0.3) is 11.8 Å². The maximum absolute atomic E-state index is 12.6. The van der Waals surface area contributed by atoms with Crippen molar-refractivity contribution in [1.29, 1.82) is 0 Å². The average Bonchev–Trinajstić information content (AvgIpc) is 3.50. The predicted molar refractivity (Wildman–Crippen MR) is 127 cm³/mol. The number of para-hydroxylation sites is 1. The molecule has 172 valence electrons. The number of hydrogen-bond acceptors (Lipinski definition) is 5. The van der Waals surface area contributed by atoms with Crippen molar-refractivity contribution in [3.63, 3.8) is 0 Å². The van der Waals surface area contributed by atoms with Gasteiger partial charge in [0.15, 0.2) is 0 Å². The number of aromatic nitrogens is 2. The molecule has 1 saturated carbocycles. The van der Waals surface area contributed by atoms with E-state index in [0.29, 0.717) is 34.9 Å². The second-order valence-corrected chi connectivity index (χ2v) is 8.15. The fourth-order valence-electron chi connectivity index (χ4n) is 4.32. The summed E-state index contributed by atoms with van der Waals surface area (Å²) in [6, 6.07) is 15.0. The molecular formula is C25H29N5O3. The van der Waals surface area contributed by atoms with Gasteiger partial charge in [0.05, 0.1) is 18.7 Å². The molecule has 0 aliphatic heterocycles. The van der Waals surface area contributed by atoms with Crippen LogP contribution < -0.4 is 21.1 Å². The molecule has 1 aliphatic carbocycles. The molecule has 4 rings (SSSR count). The molecule has 4 N–H and O–H groups in total. The van der Waals surface area contributed by atoms with E-state index in [9.17, 15) is 9.59 Å². The number of rotatable bonds is 7. The van der Waals surface area contributed by atoms with Crippen molar-refractivity contribution in [1.82, 2.24) is 20.4 Å². The van der Waals surface area contributed by atoms with Gasteiger partial charge >= 0.3 is 0 Å². The predicted octanol–water partition coefficient (Wildman–Crippen LogP) is 3.55. The number of nitrogens with zero attached hydrogens (tertiary/aromatic N) is 2. The molecule has 2 aromatic carbocycles. The van der Waals surface area contributed by atoms with Crippen LogP contribution in [0.4, 0.5) is 5.82 Å². The van der Waals surface area contributed by atoms with E-state index in [1.807, 2.05) is 35.0 Å². The standard InChI is InChI=1S/C25H29N5O3/c1-27-25(32)21-22(29-30(23(21)26)18-7-3-4-8-18)17-13-11-16(12-14-17)15-28-24(31)19-9-5-6-10-20(19)33-2/h5-6,9-14,18H,3-4,7-8,15,26H2,1-2H3,(H,27,32)(H,28,31). The van der Waals surface area contributed by atoms with Crippen LogP contribution in [0.15, 0.2) is 48.5 Å². The van der Waals surface area contributed by atoms with Crippen molar-refractivity contribution in [2.24, 2.45) is 0 Å². The van der Waals surface area contributed by atoms with Crippen LogP contribution in [0.25, 0.3) is 11.3 Å². The Balaban J connectivity index is 1.54. The number of anilines is 1. The number of nitrogen functional groups attached to an aromatic ring is 1. The van der Waals surface area contributed by atoms with Gasteiger partial charge in [-0.15, -0.1) is 0 Å². The summed E-state index contributed by atoms with van der Waals surface area (Å²) >= 11 is 0. The van der Waals surface area contributed by atoms with Crippen LogP contribution in [0.3, 0.4) is 0 Å². The normalized spacial score (nSPS) is 13.6. The number of methoxy groups -OCH3 is 1. The molecule has 8 heteroatoms. The zero-order valence-electron chi connectivity index (χ0n) is 18.9. The summed E-state index contributed by atoms with van der Waals surface area (Å²) in [6.07, 6.45) is 4.32. The van der Waals surface area contributed by atoms with Crippen LogP contribution in [0.2, 0.25) is 0 Å². The van der Waals surface area contributed by atoms with Crippen molar-refractivity contribution in [3.05, 3.63) is 65.2 Å². The number of benzene rings is 2. The Labute approximate surface area is 193 Å². The molecule has 1 heterocycles. The minimum atomic E-state index is -0.250. The number of carbonyl (C=O) groups is 2. The summed E-state index contributed by atoms with van der Waals surface area (Å²) in [7, 11) is 3.13. The molecule has 33 heavy (non-hydrogen) atoms. The van der Waals surface area contributed by atoms with Gasteiger partial charge in [-0.25, -0.2) is 4.68 Å². The molecule has 0 atom stereocenters. The minimum Gasteiger partial charge on any atom is -0.496 e. The highest BCUT2D eigenvalue weighted by Crippen LogP contribution is 2.35. The summed E-state index contributed by atoms with van der Waals surface area (Å²) in [5.41, 5.74) is 9.56. The summed E-state index contributed by atoms with van der Waals surface area (Å²) in [5.74, 6) is 0.480. The van der Waals surface area contributed by atoms with Crippen LogP contribution in [0.1, 0.15) is 58.0 Å². The third kappa shape index (κ3) is 4.55. The Morgan fingerprint density at radius 3 is 2.45 bits per heavy atom. The number of hydrogen-bond donors (Lipinski definition) is 3. The maximum atomic E-state index is 12.6. The Morgan fingerprint density at radius 1 is 1.09 bits per heavy atom. The largest absolute Gasteiger partial charge is 0.496 e. The lowest BCUT2D eigenvalue weighted by atomic mass is 10.0. The van der Waals surface area contributed by atoms with Gasteiger partial charge < -0.3 is 21.1 Å². The van der Waals surface area contributed by atoms with E-state index < -0.39 is 0 Å². The topological polar surface area (TPSA) is 111 Å². The molecule has 0 saturated heterocycles. The molecule has 8 nitrogen and oxygen atoms in total. The van der Waals surface area contributed by atoms with Gasteiger partial charge in [-0.05, 0) is 30.5 Å². The molecule has 1 fully saturated rings. The lowest BCUT2D eigenvalue weighted by Gasteiger charge is -2.11. The number of amides is 2. The van der Waals surface area contributed by atoms with Gasteiger partial charge in [0.2, 0.25) is 0 Å². The highest BCUT2D eigenvalue weighted by molar-refractivity contribution is 6.04. The summed E-state index contributed by atoms with van der Waals surface area (Å²) in [5, 5.41) is 10.3.